The molecule has 0 aromatic heterocycles. The lowest BCUT2D eigenvalue weighted by Gasteiger charge is -2.15. The molecule has 0 heterocycles. The normalized spacial score (nSPS) is 10.6. The van der Waals surface area contributed by atoms with Crippen molar-refractivity contribution in [2.75, 3.05) is 16.0 Å². The molecule has 6 heteroatoms. The van der Waals surface area contributed by atoms with Crippen molar-refractivity contribution in [1.82, 2.24) is 0 Å². The molecule has 0 atom stereocenters. The van der Waals surface area contributed by atoms with Crippen LogP contribution >= 0.6 is 0 Å². The van der Waals surface area contributed by atoms with Crippen molar-refractivity contribution in [3.63, 3.8) is 0 Å². The van der Waals surface area contributed by atoms with E-state index in [1.165, 1.54) is 0 Å². The van der Waals surface area contributed by atoms with E-state index in [-0.39, 0.29) is 0 Å². The van der Waals surface area contributed by atoms with Crippen LogP contribution in [0.1, 0.15) is 16.7 Å². The van der Waals surface area contributed by atoms with Gasteiger partial charge in [0, 0.05) is 53.8 Å². The SMILES string of the molecule is NCc1ccc(Nc2cc(Nc3ccc(CN)cc3)cc(Nc3ccc(CN)cc3)c2)cc1. The van der Waals surface area contributed by atoms with Crippen molar-refractivity contribution < 1.29 is 0 Å². The Balaban J connectivity index is 1.61. The molecule has 4 aromatic rings. The molecule has 0 bridgehead atoms. The fraction of sp³-hybridized carbons (Fsp3) is 0.111. The Morgan fingerprint density at radius 3 is 0.818 bits per heavy atom. The van der Waals surface area contributed by atoms with E-state index >= 15 is 0 Å². The fourth-order valence-electron chi connectivity index (χ4n) is 3.52. The molecule has 4 aromatic carbocycles. The van der Waals surface area contributed by atoms with E-state index in [0.29, 0.717) is 19.6 Å². The Labute approximate surface area is 194 Å². The van der Waals surface area contributed by atoms with E-state index in [0.717, 1.165) is 50.8 Å². The molecule has 0 aliphatic heterocycles. The van der Waals surface area contributed by atoms with Crippen LogP contribution in [0.25, 0.3) is 0 Å². The summed E-state index contributed by atoms with van der Waals surface area (Å²) in [5.41, 5.74) is 26.3. The van der Waals surface area contributed by atoms with E-state index in [9.17, 15) is 0 Å². The summed E-state index contributed by atoms with van der Waals surface area (Å²) in [7, 11) is 0. The number of hydrogen-bond donors (Lipinski definition) is 6. The van der Waals surface area contributed by atoms with Gasteiger partial charge in [0.05, 0.1) is 0 Å². The first-order chi connectivity index (χ1) is 16.1. The quantitative estimate of drug-likeness (QED) is 0.211. The average Bonchev–Trinajstić information content (AvgIpc) is 2.85. The molecule has 33 heavy (non-hydrogen) atoms. The van der Waals surface area contributed by atoms with Crippen molar-refractivity contribution in [3.05, 3.63) is 108 Å². The highest BCUT2D eigenvalue weighted by Crippen LogP contribution is 2.30. The second kappa shape index (κ2) is 10.7. The van der Waals surface area contributed by atoms with E-state index in [1.54, 1.807) is 0 Å². The average molecular weight is 439 g/mol. The van der Waals surface area contributed by atoms with Gasteiger partial charge in [-0.3, -0.25) is 0 Å². The third-order valence-corrected chi connectivity index (χ3v) is 5.37. The Morgan fingerprint density at radius 1 is 0.364 bits per heavy atom. The van der Waals surface area contributed by atoms with E-state index in [4.69, 9.17) is 17.2 Å². The summed E-state index contributed by atoms with van der Waals surface area (Å²) in [6.45, 7) is 1.58. The monoisotopic (exact) mass is 438 g/mol. The van der Waals surface area contributed by atoms with Crippen molar-refractivity contribution in [2.24, 2.45) is 17.2 Å². The highest BCUT2D eigenvalue weighted by atomic mass is 14.9. The molecule has 4 rings (SSSR count). The summed E-state index contributed by atoms with van der Waals surface area (Å²) in [6.07, 6.45) is 0. The van der Waals surface area contributed by atoms with Gasteiger partial charge in [0.2, 0.25) is 0 Å². The standard InChI is InChI=1S/C27H30N6/c28-16-19-1-7-22(8-2-19)31-25-13-26(32-23-9-3-20(17-29)4-10-23)15-27(14-25)33-24-11-5-21(18-30)6-12-24/h1-15,31-33H,16-18,28-30H2. The van der Waals surface area contributed by atoms with Gasteiger partial charge in [-0.2, -0.15) is 0 Å². The van der Waals surface area contributed by atoms with Gasteiger partial charge in [0.25, 0.3) is 0 Å². The maximum Gasteiger partial charge on any atom is 0.0425 e. The summed E-state index contributed by atoms with van der Waals surface area (Å²) in [5, 5.41) is 10.5. The smallest absolute Gasteiger partial charge is 0.0425 e. The van der Waals surface area contributed by atoms with Gasteiger partial charge in [-0.1, -0.05) is 36.4 Å². The second-order valence-corrected chi connectivity index (χ2v) is 7.88. The maximum atomic E-state index is 5.72. The topological polar surface area (TPSA) is 114 Å². The summed E-state index contributed by atoms with van der Waals surface area (Å²) < 4.78 is 0. The predicted molar refractivity (Wildman–Crippen MR) is 139 cm³/mol. The number of anilines is 6. The highest BCUT2D eigenvalue weighted by molar-refractivity contribution is 5.76. The van der Waals surface area contributed by atoms with Gasteiger partial charge in [-0.05, 0) is 71.3 Å². The minimum absolute atomic E-state index is 0.527. The minimum atomic E-state index is 0.527. The summed E-state index contributed by atoms with van der Waals surface area (Å²) >= 11 is 0. The van der Waals surface area contributed by atoms with Crippen molar-refractivity contribution >= 4 is 34.1 Å². The van der Waals surface area contributed by atoms with Gasteiger partial charge in [-0.25, -0.2) is 0 Å². The molecule has 0 amide bonds. The first-order valence-corrected chi connectivity index (χ1v) is 11.0. The van der Waals surface area contributed by atoms with Crippen LogP contribution in [0.3, 0.4) is 0 Å². The molecular weight excluding hydrogens is 408 g/mol. The molecule has 0 saturated heterocycles. The van der Waals surface area contributed by atoms with Crippen molar-refractivity contribution in [3.8, 4) is 0 Å². The molecule has 0 fully saturated rings. The third-order valence-electron chi connectivity index (χ3n) is 5.37. The van der Waals surface area contributed by atoms with Crippen LogP contribution in [-0.4, -0.2) is 0 Å². The van der Waals surface area contributed by atoms with E-state index < -0.39 is 0 Å². The molecule has 0 radical (unpaired) electrons. The van der Waals surface area contributed by atoms with Crippen LogP contribution in [0.4, 0.5) is 34.1 Å². The van der Waals surface area contributed by atoms with Gasteiger partial charge in [0.1, 0.15) is 0 Å². The molecule has 0 saturated carbocycles. The van der Waals surface area contributed by atoms with Crippen LogP contribution in [0, 0.1) is 0 Å². The first kappa shape index (κ1) is 22.4. The van der Waals surface area contributed by atoms with E-state index in [2.05, 4.69) is 34.1 Å². The number of nitrogens with one attached hydrogen (secondary N) is 3. The summed E-state index contributed by atoms with van der Waals surface area (Å²) in [4.78, 5) is 0. The Hall–Kier alpha value is -3.84. The van der Waals surface area contributed by atoms with Crippen molar-refractivity contribution in [2.45, 2.75) is 19.6 Å². The molecule has 0 unspecified atom stereocenters. The zero-order chi connectivity index (χ0) is 23.0. The van der Waals surface area contributed by atoms with Crippen LogP contribution in [-0.2, 0) is 19.6 Å². The van der Waals surface area contributed by atoms with Crippen LogP contribution in [0.15, 0.2) is 91.0 Å². The highest BCUT2D eigenvalue weighted by Gasteiger charge is 2.05. The second-order valence-electron chi connectivity index (χ2n) is 7.88. The molecule has 0 spiro atoms. The fourth-order valence-corrected chi connectivity index (χ4v) is 3.52. The zero-order valence-electron chi connectivity index (χ0n) is 18.5. The van der Waals surface area contributed by atoms with Gasteiger partial charge < -0.3 is 33.2 Å². The Bertz CT molecular complexity index is 1010. The number of benzene rings is 4. The molecule has 0 aliphatic carbocycles. The van der Waals surface area contributed by atoms with Gasteiger partial charge in [-0.15, -0.1) is 0 Å². The number of hydrogen-bond acceptors (Lipinski definition) is 6. The van der Waals surface area contributed by atoms with Gasteiger partial charge >= 0.3 is 0 Å². The summed E-state index contributed by atoms with van der Waals surface area (Å²) in [6, 6.07) is 30.6. The lowest BCUT2D eigenvalue weighted by atomic mass is 10.1. The molecular formula is C27H30N6. The summed E-state index contributed by atoms with van der Waals surface area (Å²) in [5.74, 6) is 0. The largest absolute Gasteiger partial charge is 0.355 e. The van der Waals surface area contributed by atoms with E-state index in [1.807, 2.05) is 72.8 Å². The predicted octanol–water partition coefficient (Wildman–Crippen LogP) is 5.29. The molecule has 0 aliphatic rings. The van der Waals surface area contributed by atoms with Crippen LogP contribution < -0.4 is 33.2 Å². The van der Waals surface area contributed by atoms with Crippen LogP contribution in [0.5, 0.6) is 0 Å². The molecule has 168 valence electrons. The third kappa shape index (κ3) is 6.11. The van der Waals surface area contributed by atoms with Gasteiger partial charge in [0.15, 0.2) is 0 Å². The van der Waals surface area contributed by atoms with Crippen LogP contribution in [0.2, 0.25) is 0 Å². The lowest BCUT2D eigenvalue weighted by Crippen LogP contribution is -2.00. The van der Waals surface area contributed by atoms with Crippen molar-refractivity contribution in [1.29, 1.82) is 0 Å². The molecule has 9 N–H and O–H groups in total. The Kier molecular flexibility index (Phi) is 7.22. The Morgan fingerprint density at radius 2 is 0.606 bits per heavy atom. The molecule has 6 nitrogen and oxygen atoms in total. The number of rotatable bonds is 9. The number of nitrogens with two attached hydrogens (primary N) is 3. The first-order valence-electron chi connectivity index (χ1n) is 11.0. The minimum Gasteiger partial charge on any atom is -0.355 e. The maximum absolute atomic E-state index is 5.72. The zero-order valence-corrected chi connectivity index (χ0v) is 18.5. The lowest BCUT2D eigenvalue weighted by molar-refractivity contribution is 1.07.